The van der Waals surface area contributed by atoms with Crippen LogP contribution in [0.25, 0.3) is 0 Å². The van der Waals surface area contributed by atoms with Crippen molar-refractivity contribution in [3.05, 3.63) is 0 Å². The number of nitrogens with zero attached hydrogens (tertiary/aromatic N) is 1. The quantitative estimate of drug-likeness (QED) is 0.777. The molecule has 0 atom stereocenters. The zero-order valence-corrected chi connectivity index (χ0v) is 11.0. The molecule has 4 heteroatoms. The summed E-state index contributed by atoms with van der Waals surface area (Å²) >= 11 is 0. The van der Waals surface area contributed by atoms with Gasteiger partial charge in [0.05, 0.1) is 6.07 Å². The first-order valence-electron chi connectivity index (χ1n) is 6.41. The Labute approximate surface area is 104 Å². The number of nitrogens with one attached hydrogen (secondary N) is 2. The van der Waals surface area contributed by atoms with Gasteiger partial charge >= 0.3 is 0 Å². The van der Waals surface area contributed by atoms with E-state index in [0.717, 1.165) is 32.2 Å². The molecular weight excluding hydrogens is 214 g/mol. The lowest BCUT2D eigenvalue weighted by molar-refractivity contribution is -0.126. The predicted molar refractivity (Wildman–Crippen MR) is 67.2 cm³/mol. The minimum absolute atomic E-state index is 0.0866. The maximum Gasteiger partial charge on any atom is 0.223 e. The molecule has 0 spiro atoms. The van der Waals surface area contributed by atoms with Gasteiger partial charge in [-0.25, -0.2) is 0 Å². The Morgan fingerprint density at radius 2 is 2.06 bits per heavy atom. The summed E-state index contributed by atoms with van der Waals surface area (Å²) in [5, 5.41) is 15.2. The Balaban J connectivity index is 2.41. The zero-order chi connectivity index (χ0) is 12.9. The lowest BCUT2D eigenvalue weighted by Gasteiger charge is -2.34. The molecular formula is C13H23N3O. The third-order valence-electron chi connectivity index (χ3n) is 3.59. The smallest absolute Gasteiger partial charge is 0.223 e. The second-order valence-electron chi connectivity index (χ2n) is 5.36. The lowest BCUT2D eigenvalue weighted by atomic mass is 9.77. The Kier molecular flexibility index (Phi) is 4.95. The van der Waals surface area contributed by atoms with Crippen molar-refractivity contribution in [1.29, 1.82) is 5.26 Å². The molecule has 1 saturated carbocycles. The van der Waals surface area contributed by atoms with E-state index in [1.807, 2.05) is 7.05 Å². The fraction of sp³-hybridized carbons (Fsp3) is 0.846. The zero-order valence-electron chi connectivity index (χ0n) is 11.0. The van der Waals surface area contributed by atoms with E-state index in [4.69, 9.17) is 5.26 Å². The van der Waals surface area contributed by atoms with Gasteiger partial charge in [0, 0.05) is 12.5 Å². The first kappa shape index (κ1) is 14.0. The Morgan fingerprint density at radius 3 is 2.47 bits per heavy atom. The number of rotatable bonds is 4. The van der Waals surface area contributed by atoms with Crippen LogP contribution in [0.4, 0.5) is 0 Å². The van der Waals surface area contributed by atoms with Crippen LogP contribution in [0.3, 0.4) is 0 Å². The summed E-state index contributed by atoms with van der Waals surface area (Å²) in [6.45, 7) is 4.91. The van der Waals surface area contributed by atoms with Crippen molar-refractivity contribution in [3.8, 4) is 6.07 Å². The van der Waals surface area contributed by atoms with Crippen molar-refractivity contribution >= 4 is 5.91 Å². The van der Waals surface area contributed by atoms with Crippen LogP contribution >= 0.6 is 0 Å². The van der Waals surface area contributed by atoms with Gasteiger partial charge in [-0.3, -0.25) is 4.79 Å². The number of carbonyl (C=O) groups excluding carboxylic acids is 1. The van der Waals surface area contributed by atoms with Crippen LogP contribution in [0.2, 0.25) is 0 Å². The Bertz CT molecular complexity index is 298. The molecule has 1 aliphatic rings. The van der Waals surface area contributed by atoms with Crippen LogP contribution in [-0.4, -0.2) is 25.0 Å². The second-order valence-corrected chi connectivity index (χ2v) is 5.36. The van der Waals surface area contributed by atoms with Gasteiger partial charge < -0.3 is 10.6 Å². The second kappa shape index (κ2) is 6.02. The van der Waals surface area contributed by atoms with Gasteiger partial charge in [0.1, 0.15) is 5.54 Å². The molecule has 2 N–H and O–H groups in total. The monoisotopic (exact) mass is 237 g/mol. The van der Waals surface area contributed by atoms with Gasteiger partial charge in [-0.15, -0.1) is 0 Å². The highest BCUT2D eigenvalue weighted by molar-refractivity contribution is 5.78. The van der Waals surface area contributed by atoms with E-state index in [0.29, 0.717) is 5.92 Å². The molecule has 17 heavy (non-hydrogen) atoms. The molecule has 4 nitrogen and oxygen atoms in total. The molecule has 0 aromatic carbocycles. The number of hydrogen-bond donors (Lipinski definition) is 2. The SMILES string of the molecule is CNC1(C#N)CCC(C(=O)NCC(C)C)CC1. The average molecular weight is 237 g/mol. The number of carbonyl (C=O) groups is 1. The van der Waals surface area contributed by atoms with Crippen LogP contribution in [-0.2, 0) is 4.79 Å². The number of nitriles is 1. The summed E-state index contributed by atoms with van der Waals surface area (Å²) in [7, 11) is 1.82. The van der Waals surface area contributed by atoms with E-state index in [1.54, 1.807) is 0 Å². The van der Waals surface area contributed by atoms with Crippen molar-refractivity contribution < 1.29 is 4.79 Å². The molecule has 1 rings (SSSR count). The number of amides is 1. The van der Waals surface area contributed by atoms with Crippen molar-refractivity contribution in [2.75, 3.05) is 13.6 Å². The lowest BCUT2D eigenvalue weighted by Crippen LogP contribution is -2.47. The molecule has 1 aliphatic carbocycles. The van der Waals surface area contributed by atoms with Gasteiger partial charge in [0.15, 0.2) is 0 Å². The normalized spacial score (nSPS) is 28.8. The first-order valence-corrected chi connectivity index (χ1v) is 6.41. The third-order valence-corrected chi connectivity index (χ3v) is 3.59. The minimum Gasteiger partial charge on any atom is -0.356 e. The first-order chi connectivity index (χ1) is 8.03. The summed E-state index contributed by atoms with van der Waals surface area (Å²) in [5.41, 5.74) is -0.408. The van der Waals surface area contributed by atoms with Crippen LogP contribution in [0.5, 0.6) is 0 Å². The van der Waals surface area contributed by atoms with Gasteiger partial charge in [-0.1, -0.05) is 13.8 Å². The van der Waals surface area contributed by atoms with Crippen LogP contribution in [0, 0.1) is 23.2 Å². The molecule has 0 bridgehead atoms. The van der Waals surface area contributed by atoms with E-state index in [9.17, 15) is 4.79 Å². The van der Waals surface area contributed by atoms with Gasteiger partial charge in [-0.2, -0.15) is 5.26 Å². The largest absolute Gasteiger partial charge is 0.356 e. The maximum atomic E-state index is 11.9. The van der Waals surface area contributed by atoms with E-state index in [2.05, 4.69) is 30.6 Å². The molecule has 0 aromatic rings. The molecule has 0 saturated heterocycles. The minimum atomic E-state index is -0.408. The topological polar surface area (TPSA) is 64.9 Å². The Morgan fingerprint density at radius 1 is 1.47 bits per heavy atom. The molecule has 0 aliphatic heterocycles. The van der Waals surface area contributed by atoms with Gasteiger partial charge in [-0.05, 0) is 38.6 Å². The molecule has 0 unspecified atom stereocenters. The summed E-state index contributed by atoms with van der Waals surface area (Å²) in [6, 6.07) is 2.33. The average Bonchev–Trinajstić information content (AvgIpc) is 2.36. The standard InChI is InChI=1S/C13H23N3O/c1-10(2)8-16-12(17)11-4-6-13(9-14,15-3)7-5-11/h10-11,15H,4-8H2,1-3H3,(H,16,17). The van der Waals surface area contributed by atoms with Crippen LogP contribution < -0.4 is 10.6 Å². The fourth-order valence-corrected chi connectivity index (χ4v) is 2.24. The summed E-state index contributed by atoms with van der Waals surface area (Å²) in [5.74, 6) is 0.725. The molecule has 1 amide bonds. The highest BCUT2D eigenvalue weighted by Gasteiger charge is 2.36. The highest BCUT2D eigenvalue weighted by atomic mass is 16.1. The molecule has 0 radical (unpaired) electrons. The van der Waals surface area contributed by atoms with Crippen molar-refractivity contribution in [3.63, 3.8) is 0 Å². The Hall–Kier alpha value is -1.08. The van der Waals surface area contributed by atoms with Crippen molar-refractivity contribution in [1.82, 2.24) is 10.6 Å². The molecule has 0 heterocycles. The third kappa shape index (κ3) is 3.71. The van der Waals surface area contributed by atoms with Crippen LogP contribution in [0.1, 0.15) is 39.5 Å². The van der Waals surface area contributed by atoms with E-state index in [-0.39, 0.29) is 11.8 Å². The fourth-order valence-electron chi connectivity index (χ4n) is 2.24. The molecule has 1 fully saturated rings. The van der Waals surface area contributed by atoms with E-state index < -0.39 is 5.54 Å². The summed E-state index contributed by atoms with van der Waals surface area (Å²) in [6.07, 6.45) is 3.14. The van der Waals surface area contributed by atoms with Crippen molar-refractivity contribution in [2.45, 2.75) is 45.1 Å². The molecule has 0 aromatic heterocycles. The molecule has 96 valence electrons. The predicted octanol–water partition coefficient (Wildman–Crippen LogP) is 1.43. The number of hydrogen-bond acceptors (Lipinski definition) is 3. The van der Waals surface area contributed by atoms with Crippen LogP contribution in [0.15, 0.2) is 0 Å². The van der Waals surface area contributed by atoms with Gasteiger partial charge in [0.2, 0.25) is 5.91 Å². The van der Waals surface area contributed by atoms with E-state index >= 15 is 0 Å². The highest BCUT2D eigenvalue weighted by Crippen LogP contribution is 2.31. The van der Waals surface area contributed by atoms with E-state index in [1.165, 1.54) is 0 Å². The summed E-state index contributed by atoms with van der Waals surface area (Å²) in [4.78, 5) is 11.9. The van der Waals surface area contributed by atoms with Gasteiger partial charge in [0.25, 0.3) is 0 Å². The summed E-state index contributed by atoms with van der Waals surface area (Å²) < 4.78 is 0. The van der Waals surface area contributed by atoms with Crippen molar-refractivity contribution in [2.24, 2.45) is 11.8 Å². The maximum absolute atomic E-state index is 11.9.